The van der Waals surface area contributed by atoms with Crippen molar-refractivity contribution >= 4 is 8.25 Å². The van der Waals surface area contributed by atoms with Gasteiger partial charge in [-0.3, -0.25) is 4.57 Å². The Morgan fingerprint density at radius 2 is 1.86 bits per heavy atom. The molecule has 0 radical (unpaired) electrons. The zero-order valence-electron chi connectivity index (χ0n) is 7.77. The molecule has 5 heteroatoms. The third-order valence-corrected chi connectivity index (χ3v) is 2.21. The quantitative estimate of drug-likeness (QED) is 0.721. The van der Waals surface area contributed by atoms with Gasteiger partial charge in [0, 0.05) is 0 Å². The van der Waals surface area contributed by atoms with Gasteiger partial charge in [0.05, 0.1) is 6.61 Å². The first-order valence-electron chi connectivity index (χ1n) is 4.36. The second-order valence-corrected chi connectivity index (χ2v) is 3.73. The average molecular weight is 215 g/mol. The van der Waals surface area contributed by atoms with Crippen LogP contribution in [0.25, 0.3) is 0 Å². The molecule has 0 bridgehead atoms. The van der Waals surface area contributed by atoms with Gasteiger partial charge in [-0.2, -0.15) is 0 Å². The van der Waals surface area contributed by atoms with Gasteiger partial charge in [-0.1, -0.05) is 24.3 Å². The van der Waals surface area contributed by atoms with Crippen molar-refractivity contribution in [2.24, 2.45) is 5.73 Å². The first-order chi connectivity index (χ1) is 6.72. The molecule has 0 spiro atoms. The minimum atomic E-state index is -2.82. The van der Waals surface area contributed by atoms with Crippen LogP contribution in [-0.2, 0) is 22.1 Å². The third kappa shape index (κ3) is 4.03. The molecule has 0 heterocycles. The zero-order chi connectivity index (χ0) is 10.4. The molecule has 0 aromatic heterocycles. The van der Waals surface area contributed by atoms with Gasteiger partial charge in [0.25, 0.3) is 0 Å². The Hall–Kier alpha value is -0.670. The van der Waals surface area contributed by atoms with Gasteiger partial charge in [-0.05, 0) is 24.1 Å². The van der Waals surface area contributed by atoms with E-state index in [1.165, 1.54) is 0 Å². The van der Waals surface area contributed by atoms with E-state index in [-0.39, 0.29) is 6.61 Å². The van der Waals surface area contributed by atoms with Gasteiger partial charge in [0.1, 0.15) is 0 Å². The minimum Gasteiger partial charge on any atom is -0.330 e. The van der Waals surface area contributed by atoms with Crippen molar-refractivity contribution in [2.45, 2.75) is 13.0 Å². The Balaban J connectivity index is 2.50. The molecular weight excluding hydrogens is 201 g/mol. The summed E-state index contributed by atoms with van der Waals surface area (Å²) in [7, 11) is -2.82. The van der Waals surface area contributed by atoms with Gasteiger partial charge in [0.15, 0.2) is 0 Å². The van der Waals surface area contributed by atoms with E-state index in [0.717, 1.165) is 17.5 Å². The van der Waals surface area contributed by atoms with Crippen molar-refractivity contribution in [1.82, 2.24) is 0 Å². The predicted octanol–water partition coefficient (Wildman–Crippen LogP) is 1.09. The summed E-state index contributed by atoms with van der Waals surface area (Å²) < 4.78 is 14.9. The topological polar surface area (TPSA) is 72.5 Å². The van der Waals surface area contributed by atoms with Gasteiger partial charge in [-0.25, -0.2) is 0 Å². The van der Waals surface area contributed by atoms with Crippen LogP contribution in [-0.4, -0.2) is 11.4 Å². The Morgan fingerprint density at radius 1 is 1.29 bits per heavy atom. The van der Waals surface area contributed by atoms with Gasteiger partial charge >= 0.3 is 8.25 Å². The molecule has 1 aromatic rings. The lowest BCUT2D eigenvalue weighted by atomic mass is 10.1. The van der Waals surface area contributed by atoms with Crippen LogP contribution in [0.15, 0.2) is 24.3 Å². The standard InChI is InChI=1S/C9H14NO3P/c10-6-5-8-1-3-9(4-2-8)7-13-14(11)12/h1-4,14H,5-7,10H2,(H,11,12). The molecule has 1 atom stereocenters. The fourth-order valence-corrected chi connectivity index (χ4v) is 1.40. The minimum absolute atomic E-state index is 0.178. The largest absolute Gasteiger partial charge is 0.330 e. The highest BCUT2D eigenvalue weighted by Gasteiger charge is 1.96. The molecular formula is C9H14NO3P. The van der Waals surface area contributed by atoms with E-state index < -0.39 is 8.25 Å². The first kappa shape index (κ1) is 11.4. The van der Waals surface area contributed by atoms with E-state index in [0.29, 0.717) is 6.54 Å². The predicted molar refractivity (Wildman–Crippen MR) is 55.2 cm³/mol. The van der Waals surface area contributed by atoms with Gasteiger partial charge < -0.3 is 15.2 Å². The Labute approximate surface area is 83.7 Å². The number of hydrogen-bond donors (Lipinski definition) is 2. The molecule has 0 aliphatic carbocycles. The van der Waals surface area contributed by atoms with Crippen LogP contribution >= 0.6 is 8.25 Å². The van der Waals surface area contributed by atoms with Crippen LogP contribution in [0.2, 0.25) is 0 Å². The highest BCUT2D eigenvalue weighted by molar-refractivity contribution is 7.32. The second kappa shape index (κ2) is 5.94. The molecule has 0 aliphatic rings. The van der Waals surface area contributed by atoms with Crippen molar-refractivity contribution in [3.63, 3.8) is 0 Å². The average Bonchev–Trinajstić information content (AvgIpc) is 2.17. The Kier molecular flexibility index (Phi) is 4.84. The summed E-state index contributed by atoms with van der Waals surface area (Å²) in [6, 6.07) is 7.63. The molecule has 0 saturated carbocycles. The van der Waals surface area contributed by atoms with E-state index in [4.69, 9.17) is 10.6 Å². The third-order valence-electron chi connectivity index (χ3n) is 1.82. The lowest BCUT2D eigenvalue weighted by Gasteiger charge is -2.02. The molecule has 1 unspecified atom stereocenters. The number of hydrogen-bond acceptors (Lipinski definition) is 3. The molecule has 3 N–H and O–H groups in total. The second-order valence-electron chi connectivity index (χ2n) is 2.91. The van der Waals surface area contributed by atoms with E-state index in [1.54, 1.807) is 0 Å². The van der Waals surface area contributed by atoms with Crippen LogP contribution < -0.4 is 5.73 Å². The van der Waals surface area contributed by atoms with Crippen LogP contribution in [0.5, 0.6) is 0 Å². The summed E-state index contributed by atoms with van der Waals surface area (Å²) in [5.41, 5.74) is 7.45. The molecule has 78 valence electrons. The summed E-state index contributed by atoms with van der Waals surface area (Å²) in [5.74, 6) is 0. The molecule has 0 fully saturated rings. The molecule has 1 aromatic carbocycles. The van der Waals surface area contributed by atoms with Crippen molar-refractivity contribution in [3.8, 4) is 0 Å². The van der Waals surface area contributed by atoms with Gasteiger partial charge in [0.2, 0.25) is 0 Å². The first-order valence-corrected chi connectivity index (χ1v) is 5.62. The highest BCUT2D eigenvalue weighted by Crippen LogP contribution is 2.18. The van der Waals surface area contributed by atoms with Crippen LogP contribution in [0.3, 0.4) is 0 Å². The highest BCUT2D eigenvalue weighted by atomic mass is 31.1. The maximum Gasteiger partial charge on any atom is 0.316 e. The Bertz CT molecular complexity index is 299. The molecule has 4 nitrogen and oxygen atoms in total. The number of benzene rings is 1. The van der Waals surface area contributed by atoms with E-state index in [9.17, 15) is 4.57 Å². The molecule has 14 heavy (non-hydrogen) atoms. The normalized spacial score (nSPS) is 12.7. The summed E-state index contributed by atoms with van der Waals surface area (Å²) >= 11 is 0. The number of nitrogens with two attached hydrogens (primary N) is 1. The summed E-state index contributed by atoms with van der Waals surface area (Å²) in [4.78, 5) is 8.46. The summed E-state index contributed by atoms with van der Waals surface area (Å²) in [5, 5.41) is 0. The Morgan fingerprint density at radius 3 is 2.36 bits per heavy atom. The molecule has 0 amide bonds. The SMILES string of the molecule is NCCc1ccc(CO[PH](=O)O)cc1. The van der Waals surface area contributed by atoms with Crippen molar-refractivity contribution in [3.05, 3.63) is 35.4 Å². The zero-order valence-corrected chi connectivity index (χ0v) is 8.77. The molecule has 1 rings (SSSR count). The monoisotopic (exact) mass is 215 g/mol. The van der Waals surface area contributed by atoms with Gasteiger partial charge in [-0.15, -0.1) is 0 Å². The lowest BCUT2D eigenvalue weighted by molar-refractivity contribution is 0.272. The summed E-state index contributed by atoms with van der Waals surface area (Å²) in [6.45, 7) is 0.803. The molecule has 0 aliphatic heterocycles. The van der Waals surface area contributed by atoms with Crippen molar-refractivity contribution < 1.29 is 14.0 Å². The van der Waals surface area contributed by atoms with Crippen molar-refractivity contribution in [2.75, 3.05) is 6.54 Å². The van der Waals surface area contributed by atoms with Crippen molar-refractivity contribution in [1.29, 1.82) is 0 Å². The van der Waals surface area contributed by atoms with Crippen LogP contribution in [0, 0.1) is 0 Å². The van der Waals surface area contributed by atoms with Crippen LogP contribution in [0.1, 0.15) is 11.1 Å². The lowest BCUT2D eigenvalue weighted by Crippen LogP contribution is -2.02. The smallest absolute Gasteiger partial charge is 0.316 e. The maximum atomic E-state index is 10.3. The summed E-state index contributed by atoms with van der Waals surface area (Å²) in [6.07, 6.45) is 0.845. The molecule has 0 saturated heterocycles. The van der Waals surface area contributed by atoms with E-state index >= 15 is 0 Å². The number of rotatable bonds is 5. The van der Waals surface area contributed by atoms with Crippen LogP contribution in [0.4, 0.5) is 0 Å². The fourth-order valence-electron chi connectivity index (χ4n) is 1.11. The maximum absolute atomic E-state index is 10.3. The fraction of sp³-hybridized carbons (Fsp3) is 0.333. The van der Waals surface area contributed by atoms with E-state index in [2.05, 4.69) is 4.52 Å². The van der Waals surface area contributed by atoms with E-state index in [1.807, 2.05) is 24.3 Å².